The molecule has 0 saturated carbocycles. The number of hydrogen-bond acceptors (Lipinski definition) is 22. The fraction of sp³-hybridized carbons (Fsp3) is 0.536. The van der Waals surface area contributed by atoms with Crippen molar-refractivity contribution in [2.24, 2.45) is 5.73 Å². The lowest BCUT2D eigenvalue weighted by Gasteiger charge is -2.24. The van der Waals surface area contributed by atoms with Crippen molar-refractivity contribution < 1.29 is 80.0 Å². The van der Waals surface area contributed by atoms with Gasteiger partial charge in [-0.25, -0.2) is 29.9 Å². The molecule has 6 aromatic rings. The van der Waals surface area contributed by atoms with E-state index in [1.165, 1.54) is 19.0 Å². The SMILES string of the molecule is CC[C@H]1O[C@@H](Cn2cc(C#CCNC(=O)C(F)(F)F)c3c(N)ncnc32)[C@@H](O)C1O.CC[C@H]1O[C@@H](Cn2cc(C#CCNC(=O)C(F)(F)F)c3c(N)ncnc32)[C@H]2OC(C)(C)OC12.NCC#Cc1cn(C[C@@H]2O[C@H](CN3CC3)C(O)[C@@H]2O)c2ncnc(N)c12. The molecule has 27 nitrogen and oxygen atoms in total. The summed E-state index contributed by atoms with van der Waals surface area (Å²) in [5, 5.41) is 45.8. The fourth-order valence-corrected chi connectivity index (χ4v) is 10.8. The highest BCUT2D eigenvalue weighted by Crippen LogP contribution is 2.41. The normalized spacial score (nSPS) is 26.0. The molecular formula is C56H66F6N16O11. The van der Waals surface area contributed by atoms with Crippen molar-refractivity contribution in [3.63, 3.8) is 0 Å². The maximum absolute atomic E-state index is 12.3. The van der Waals surface area contributed by atoms with Crippen LogP contribution in [0.3, 0.4) is 0 Å². The third-order valence-electron chi connectivity index (χ3n) is 15.1. The van der Waals surface area contributed by atoms with Gasteiger partial charge in [0.1, 0.15) is 108 Å². The van der Waals surface area contributed by atoms with Crippen molar-refractivity contribution >= 4 is 62.4 Å². The summed E-state index contributed by atoms with van der Waals surface area (Å²) in [5.41, 5.74) is 26.3. The number of amides is 2. The van der Waals surface area contributed by atoms with Crippen molar-refractivity contribution in [3.8, 4) is 35.5 Å². The van der Waals surface area contributed by atoms with Crippen LogP contribution in [-0.4, -0.2) is 211 Å². The molecular weight excluding hydrogens is 1190 g/mol. The van der Waals surface area contributed by atoms with Gasteiger partial charge in [-0.15, -0.1) is 0 Å². The predicted molar refractivity (Wildman–Crippen MR) is 304 cm³/mol. The average molecular weight is 1250 g/mol. The monoisotopic (exact) mass is 1250 g/mol. The predicted octanol–water partition coefficient (Wildman–Crippen LogP) is -0.188. The van der Waals surface area contributed by atoms with E-state index in [0.717, 1.165) is 19.5 Å². The molecule has 2 amide bonds. The van der Waals surface area contributed by atoms with Crippen molar-refractivity contribution in [2.75, 3.05) is 56.5 Å². The van der Waals surface area contributed by atoms with Gasteiger partial charge in [-0.1, -0.05) is 49.4 Å². The van der Waals surface area contributed by atoms with E-state index < -0.39 is 91.9 Å². The Hall–Kier alpha value is -7.98. The second-order valence-electron chi connectivity index (χ2n) is 21.7. The minimum absolute atomic E-state index is 0.111. The summed E-state index contributed by atoms with van der Waals surface area (Å²) < 4.78 is 109. The Morgan fingerprint density at radius 1 is 0.562 bits per heavy atom. The lowest BCUT2D eigenvalue weighted by atomic mass is 10.1. The van der Waals surface area contributed by atoms with Crippen LogP contribution in [0.1, 0.15) is 57.2 Å². The molecule has 0 spiro atoms. The molecule has 14 N–H and O–H groups in total. The summed E-state index contributed by atoms with van der Waals surface area (Å²) in [6, 6.07) is 0. The third kappa shape index (κ3) is 14.9. The van der Waals surface area contributed by atoms with Gasteiger partial charge in [-0.2, -0.15) is 26.3 Å². The number of nitrogen functional groups attached to an aromatic ring is 3. The number of ether oxygens (including phenoxy) is 5. The van der Waals surface area contributed by atoms with E-state index in [1.807, 2.05) is 32.3 Å². The number of anilines is 3. The van der Waals surface area contributed by atoms with Gasteiger partial charge in [-0.05, 0) is 26.7 Å². The molecule has 5 saturated heterocycles. The summed E-state index contributed by atoms with van der Waals surface area (Å²) in [6.07, 6.45) is -6.68. The number of nitrogens with one attached hydrogen (secondary N) is 2. The van der Waals surface area contributed by atoms with E-state index in [0.29, 0.717) is 81.7 Å². The molecule has 0 bridgehead atoms. The quantitative estimate of drug-likeness (QED) is 0.0431. The number of nitrogens with two attached hydrogens (primary N) is 4. The topological polar surface area (TPSA) is 384 Å². The minimum Gasteiger partial charge on any atom is -0.388 e. The van der Waals surface area contributed by atoms with Crippen molar-refractivity contribution in [1.82, 2.24) is 59.1 Å². The molecule has 0 radical (unpaired) electrons. The first-order chi connectivity index (χ1) is 42.2. The Morgan fingerprint density at radius 2 is 0.910 bits per heavy atom. The smallest absolute Gasteiger partial charge is 0.388 e. The molecule has 5 aliphatic rings. The molecule has 11 rings (SSSR count). The minimum atomic E-state index is -4.99. The summed E-state index contributed by atoms with van der Waals surface area (Å²) >= 11 is 0. The van der Waals surface area contributed by atoms with Gasteiger partial charge in [0.25, 0.3) is 0 Å². The maximum atomic E-state index is 12.3. The van der Waals surface area contributed by atoms with Gasteiger partial charge in [-0.3, -0.25) is 14.5 Å². The number of rotatable bonds is 12. The number of aromatic nitrogens is 9. The van der Waals surface area contributed by atoms with Gasteiger partial charge in [0.15, 0.2) is 5.79 Å². The lowest BCUT2D eigenvalue weighted by Crippen LogP contribution is -2.36. The standard InChI is InChI=1S/C21H24F3N5O4.C18H20F3N5O4.C17H22N6O3/c1-4-12-15-16(33-20(2,3)32-15)13(31-12)9-29-8-11(14-17(25)27-10-28-18(14)29)6-5-7-26-19(30)21(22,23)24;1-2-10-13(27)14(28)11(30-10)7-26-6-9(12-15(22)24-8-25-16(12)26)4-3-5-23-17(29)18(19,20)21;18-3-1-2-10-6-23(17-13(10)16(19)20-9-21-17)8-12-15(25)14(24)11(26-12)7-22-4-5-22/h8,10,12-13,15-16H,4,7,9H2,1-3H3,(H,26,30)(H2,25,27,28);6,8,10-11,13-14,27-28H,2,5,7H2,1H3,(H,23,29)(H2,22,24,25);6,9,11-12,14-15,24-25H,3-5,7-8,18H2,(H2,19,20,21)/t12-,13+,15?,16-;10-,11+,13?,14-;11-,12+,14?,15-/m111/s1. The van der Waals surface area contributed by atoms with Crippen LogP contribution in [0, 0.1) is 35.5 Å². The molecule has 5 aliphatic heterocycles. The highest BCUT2D eigenvalue weighted by atomic mass is 19.4. The van der Waals surface area contributed by atoms with E-state index in [4.69, 9.17) is 46.6 Å². The second kappa shape index (κ2) is 27.0. The number of halogens is 6. The first-order valence-electron chi connectivity index (χ1n) is 28.1. The first-order valence-corrected chi connectivity index (χ1v) is 28.1. The fourth-order valence-electron chi connectivity index (χ4n) is 10.8. The van der Waals surface area contributed by atoms with Crippen LogP contribution in [0.5, 0.6) is 0 Å². The number of hydrogen-bond donors (Lipinski definition) is 10. The zero-order valence-corrected chi connectivity index (χ0v) is 48.4. The molecule has 6 aromatic heterocycles. The maximum Gasteiger partial charge on any atom is 0.471 e. The van der Waals surface area contributed by atoms with Crippen molar-refractivity contribution in [1.29, 1.82) is 0 Å². The van der Waals surface area contributed by atoms with Gasteiger partial charge in [0.2, 0.25) is 0 Å². The van der Waals surface area contributed by atoms with Gasteiger partial charge >= 0.3 is 24.2 Å². The zero-order chi connectivity index (χ0) is 64.3. The molecule has 478 valence electrons. The van der Waals surface area contributed by atoms with Crippen LogP contribution in [0.25, 0.3) is 33.1 Å². The van der Waals surface area contributed by atoms with E-state index in [-0.39, 0.29) is 49.1 Å². The van der Waals surface area contributed by atoms with Crippen LogP contribution in [0.2, 0.25) is 0 Å². The van der Waals surface area contributed by atoms with Crippen LogP contribution < -0.4 is 33.6 Å². The van der Waals surface area contributed by atoms with Gasteiger partial charge in [0.05, 0.1) is 90.4 Å². The Morgan fingerprint density at radius 3 is 1.28 bits per heavy atom. The Balaban J connectivity index is 0.000000160. The number of alkyl halides is 6. The van der Waals surface area contributed by atoms with Crippen LogP contribution in [0.15, 0.2) is 37.6 Å². The summed E-state index contributed by atoms with van der Waals surface area (Å²) in [6.45, 7) is 10.3. The Kier molecular flexibility index (Phi) is 19.9. The average Bonchev–Trinajstić information content (AvgIpc) is 1.66. The molecule has 89 heavy (non-hydrogen) atoms. The highest BCUT2D eigenvalue weighted by molar-refractivity contribution is 5.94. The molecule has 12 atom stereocenters. The van der Waals surface area contributed by atoms with Crippen molar-refractivity contribution in [2.45, 2.75) is 152 Å². The molecule has 0 aliphatic carbocycles. The first kappa shape index (κ1) is 65.5. The van der Waals surface area contributed by atoms with Gasteiger partial charge < -0.3 is 91.4 Å². The van der Waals surface area contributed by atoms with Crippen LogP contribution in [0.4, 0.5) is 43.8 Å². The Labute approximate surface area is 503 Å². The molecule has 5 fully saturated rings. The Bertz CT molecular complexity index is 3750. The second-order valence-corrected chi connectivity index (χ2v) is 21.7. The highest BCUT2D eigenvalue weighted by Gasteiger charge is 2.55. The lowest BCUT2D eigenvalue weighted by molar-refractivity contribution is -0.188. The van der Waals surface area contributed by atoms with E-state index in [1.54, 1.807) is 38.4 Å². The molecule has 11 heterocycles. The molecule has 33 heteroatoms. The summed E-state index contributed by atoms with van der Waals surface area (Å²) in [4.78, 5) is 48.6. The van der Waals surface area contributed by atoms with E-state index >= 15 is 0 Å². The summed E-state index contributed by atoms with van der Waals surface area (Å²) in [7, 11) is 0. The number of nitrogens with zero attached hydrogens (tertiary/aromatic N) is 10. The number of fused-ring (bicyclic) bond motifs is 4. The third-order valence-corrected chi connectivity index (χ3v) is 15.1. The van der Waals surface area contributed by atoms with Crippen LogP contribution in [-0.2, 0) is 52.9 Å². The van der Waals surface area contributed by atoms with E-state index in [2.05, 4.69) is 70.3 Å². The summed E-state index contributed by atoms with van der Waals surface area (Å²) in [5.74, 6) is 11.9. The largest absolute Gasteiger partial charge is 0.471 e. The molecule has 0 aromatic carbocycles. The van der Waals surface area contributed by atoms with Gasteiger partial charge in [0, 0.05) is 38.2 Å². The number of carbonyl (C=O) groups excluding carboxylic acids is 2. The van der Waals surface area contributed by atoms with Crippen LogP contribution >= 0.6 is 0 Å². The number of aliphatic hydroxyl groups excluding tert-OH is 4. The zero-order valence-electron chi connectivity index (χ0n) is 48.4. The van der Waals surface area contributed by atoms with Crippen molar-refractivity contribution in [3.05, 3.63) is 54.3 Å². The number of aliphatic hydroxyl groups is 4. The number of carbonyl (C=O) groups is 2. The van der Waals surface area contributed by atoms with E-state index in [9.17, 15) is 56.4 Å². The molecule has 3 unspecified atom stereocenters.